The molecule has 0 aromatic rings. The molecule has 18 valence electrons. The normalized spacial score (nSPS) is 4.00. The van der Waals surface area contributed by atoms with Crippen molar-refractivity contribution in [3.8, 4) is 0 Å². The van der Waals surface area contributed by atoms with E-state index in [1.54, 1.807) is 0 Å². The summed E-state index contributed by atoms with van der Waals surface area (Å²) in [5.41, 5.74) is 0. The Kier molecular flexibility index (Phi) is 50.4. The second-order valence-electron chi connectivity index (χ2n) is 0.118. The summed E-state index contributed by atoms with van der Waals surface area (Å²) in [5.74, 6) is 0. The maximum atomic E-state index is 3.03. The number of hydrogen-bond donors (Lipinski definition) is 0. The predicted molar refractivity (Wildman–Crippen MR) is 11.5 cm³/mol. The molecule has 0 aliphatic heterocycles. The van der Waals surface area contributed by atoms with E-state index in [4.69, 9.17) is 0 Å². The SMILES string of the molecule is [Cd].[Hg].[Se]=[Hg]=[Te]. The molecule has 0 saturated carbocycles. The van der Waals surface area contributed by atoms with E-state index < -0.39 is 0 Å². The van der Waals surface area contributed by atoms with Crippen molar-refractivity contribution >= 4 is 28.2 Å². The van der Waals surface area contributed by atoms with Gasteiger partial charge in [-0.3, -0.25) is 0 Å². The van der Waals surface area contributed by atoms with Crippen molar-refractivity contribution in [1.29, 1.82) is 0 Å². The molecule has 0 radical (unpaired) electrons. The molecule has 0 bridgehead atoms. The van der Waals surface area contributed by atoms with E-state index in [0.717, 1.165) is 0 Å². The van der Waals surface area contributed by atoms with Gasteiger partial charge in [0.05, 0.1) is 0 Å². The Labute approximate surface area is 96.7 Å². The Hall–Kier alpha value is 4.10. The summed E-state index contributed by atoms with van der Waals surface area (Å²) in [6.07, 6.45) is 0. The molecule has 0 atom stereocenters. The van der Waals surface area contributed by atoms with Gasteiger partial charge >= 0.3 is 44.7 Å². The Morgan fingerprint density at radius 3 is 1.60 bits per heavy atom. The molecule has 0 aliphatic carbocycles. The van der Waals surface area contributed by atoms with Crippen molar-refractivity contribution in [3.63, 3.8) is 0 Å². The standard InChI is InChI=1S/Cd.2Hg.Se.Te. The van der Waals surface area contributed by atoms with Crippen LogP contribution in [0.25, 0.3) is 0 Å². The topological polar surface area (TPSA) is 0 Å². The average Bonchev–Trinajstić information content (AvgIpc) is 0.918. The zero-order valence-corrected chi connectivity index (χ0v) is 22.0. The summed E-state index contributed by atoms with van der Waals surface area (Å²) in [6, 6.07) is 0. The fraction of sp³-hybridized carbons (Fsp3) is 0. The van der Waals surface area contributed by atoms with Gasteiger partial charge in [0, 0.05) is 55.0 Å². The summed E-state index contributed by atoms with van der Waals surface area (Å²) in [4.78, 5) is 0. The van der Waals surface area contributed by atoms with Crippen LogP contribution in [-0.2, 0) is 71.6 Å². The Balaban J connectivity index is -0.0000000200. The molecule has 0 unspecified atom stereocenters. The third-order valence-corrected chi connectivity index (χ3v) is 0. The molecule has 5 heavy (non-hydrogen) atoms. The van der Waals surface area contributed by atoms with Gasteiger partial charge in [-0.2, -0.15) is 0 Å². The van der Waals surface area contributed by atoms with Crippen molar-refractivity contribution in [2.75, 3.05) is 0 Å². The molecule has 0 nitrogen and oxygen atoms in total. The molecule has 0 N–H and O–H groups in total. The van der Waals surface area contributed by atoms with Gasteiger partial charge in [-0.15, -0.1) is 0 Å². The van der Waals surface area contributed by atoms with Crippen molar-refractivity contribution in [1.82, 2.24) is 0 Å². The molecule has 0 saturated heterocycles. The molecule has 0 heterocycles. The number of rotatable bonds is 0. The summed E-state index contributed by atoms with van der Waals surface area (Å²) >= 11 is 5.07. The van der Waals surface area contributed by atoms with Crippen LogP contribution in [0.5, 0.6) is 0 Å². The van der Waals surface area contributed by atoms with Gasteiger partial charge in [0.25, 0.3) is 0 Å². The quantitative estimate of drug-likeness (QED) is 0.289. The monoisotopic (exact) mass is 728 g/mol. The average molecular weight is 720 g/mol. The third-order valence-electron chi connectivity index (χ3n) is 0. The van der Waals surface area contributed by atoms with E-state index in [1.807, 2.05) is 0 Å². The van der Waals surface area contributed by atoms with Gasteiger partial charge in [-0.05, 0) is 0 Å². The van der Waals surface area contributed by atoms with Gasteiger partial charge in [0.2, 0.25) is 0 Å². The van der Waals surface area contributed by atoms with Crippen molar-refractivity contribution in [2.24, 2.45) is 0 Å². The van der Waals surface area contributed by atoms with E-state index >= 15 is 0 Å². The third kappa shape index (κ3) is 17.9. The molecule has 0 fully saturated rings. The number of hydrogen-bond acceptors (Lipinski definition) is 0. The van der Waals surface area contributed by atoms with E-state index in [2.05, 4.69) is 28.2 Å². The Morgan fingerprint density at radius 1 is 1.60 bits per heavy atom. The van der Waals surface area contributed by atoms with Crippen molar-refractivity contribution < 1.29 is 71.6 Å². The van der Waals surface area contributed by atoms with E-state index in [-0.39, 0.29) is 71.6 Å². The van der Waals surface area contributed by atoms with Crippen LogP contribution in [0.3, 0.4) is 0 Å². The zero-order valence-electron chi connectivity index (χ0n) is 2.94. The van der Waals surface area contributed by atoms with Gasteiger partial charge in [-0.1, -0.05) is 0 Å². The first-order valence-corrected chi connectivity index (χ1v) is 30.2. The van der Waals surface area contributed by atoms with Crippen LogP contribution in [-0.4, -0.2) is 28.2 Å². The second-order valence-corrected chi connectivity index (χ2v) is 36.0. The van der Waals surface area contributed by atoms with Crippen LogP contribution in [0.4, 0.5) is 0 Å². The molecule has 0 amide bonds. The first kappa shape index (κ1) is 16.0. The second kappa shape index (κ2) is 15.7. The first-order chi connectivity index (χ1) is 1.41. The summed E-state index contributed by atoms with van der Waals surface area (Å²) in [6.45, 7) is 0. The minimum absolute atomic E-state index is 0. The molecular formula is CdHg2SeTe. The molecule has 5 heteroatoms. The van der Waals surface area contributed by atoms with Crippen LogP contribution in [0.1, 0.15) is 0 Å². The minimum atomic E-state index is -0.198. The van der Waals surface area contributed by atoms with Gasteiger partial charge in [-0.25, -0.2) is 0 Å². The summed E-state index contributed by atoms with van der Waals surface area (Å²) in [7, 11) is 0. The Bertz CT molecular complexity index is 30.6. The summed E-state index contributed by atoms with van der Waals surface area (Å²) < 4.78 is 0. The Morgan fingerprint density at radius 2 is 1.60 bits per heavy atom. The molecule has 0 aliphatic rings. The van der Waals surface area contributed by atoms with Gasteiger partial charge in [0.15, 0.2) is 0 Å². The van der Waals surface area contributed by atoms with E-state index in [0.29, 0.717) is 0 Å². The van der Waals surface area contributed by atoms with Crippen LogP contribution < -0.4 is 0 Å². The van der Waals surface area contributed by atoms with Crippen molar-refractivity contribution in [3.05, 3.63) is 0 Å². The first-order valence-electron chi connectivity index (χ1n) is 0.577. The predicted octanol–water partition coefficient (Wildman–Crippen LogP) is -0.769. The maximum absolute atomic E-state index is 3.03. The fourth-order valence-corrected chi connectivity index (χ4v) is 0. The molecule has 0 aromatic heterocycles. The molecule has 0 rings (SSSR count). The van der Waals surface area contributed by atoms with Crippen LogP contribution in [0.15, 0.2) is 0 Å². The molecular weight excluding hydrogens is 720 g/mol. The summed E-state index contributed by atoms with van der Waals surface area (Å²) in [5, 5.41) is 0. The fourth-order valence-electron chi connectivity index (χ4n) is 0. The van der Waals surface area contributed by atoms with Crippen LogP contribution in [0.2, 0.25) is 0 Å². The van der Waals surface area contributed by atoms with Crippen LogP contribution >= 0.6 is 0 Å². The molecule has 0 spiro atoms. The van der Waals surface area contributed by atoms with E-state index in [9.17, 15) is 0 Å². The van der Waals surface area contributed by atoms with Gasteiger partial charge < -0.3 is 0 Å². The van der Waals surface area contributed by atoms with Crippen LogP contribution in [0, 0.1) is 0 Å². The van der Waals surface area contributed by atoms with Gasteiger partial charge in [0.1, 0.15) is 0 Å². The van der Waals surface area contributed by atoms with E-state index in [1.165, 1.54) is 0 Å². The van der Waals surface area contributed by atoms with Crippen molar-refractivity contribution in [2.45, 2.75) is 0 Å². The zero-order chi connectivity index (χ0) is 2.71. The molecule has 0 aromatic carbocycles.